The van der Waals surface area contributed by atoms with E-state index in [0.717, 1.165) is 12.0 Å². The van der Waals surface area contributed by atoms with Crippen molar-refractivity contribution in [2.75, 3.05) is 6.54 Å². The first kappa shape index (κ1) is 18.1. The zero-order chi connectivity index (χ0) is 19.7. The normalized spacial score (nSPS) is 16.3. The number of aromatic nitrogens is 2. The molecule has 28 heavy (non-hydrogen) atoms. The van der Waals surface area contributed by atoms with Gasteiger partial charge in [0, 0.05) is 23.7 Å². The highest BCUT2D eigenvalue weighted by Gasteiger charge is 2.35. The third-order valence-corrected chi connectivity index (χ3v) is 4.98. The molecule has 1 aromatic heterocycles. The Morgan fingerprint density at radius 1 is 1.25 bits per heavy atom. The first-order valence-electron chi connectivity index (χ1n) is 8.68. The summed E-state index contributed by atoms with van der Waals surface area (Å²) >= 11 is 5.84. The van der Waals surface area contributed by atoms with Crippen LogP contribution in [0.2, 0.25) is 5.02 Å². The lowest BCUT2D eigenvalue weighted by atomic mass is 10.1. The fraction of sp³-hybridized carbons (Fsp3) is 0.211. The molecule has 1 aliphatic rings. The molecule has 1 fully saturated rings. The van der Waals surface area contributed by atoms with Crippen molar-refractivity contribution in [3.63, 3.8) is 0 Å². The smallest absolute Gasteiger partial charge is 0.288 e. The van der Waals surface area contributed by atoms with Gasteiger partial charge in [0.15, 0.2) is 0 Å². The van der Waals surface area contributed by atoms with E-state index < -0.39 is 4.92 Å². The van der Waals surface area contributed by atoms with Crippen molar-refractivity contribution < 1.29 is 14.2 Å². The zero-order valence-corrected chi connectivity index (χ0v) is 15.4. The van der Waals surface area contributed by atoms with Gasteiger partial charge in [0.25, 0.3) is 11.6 Å². The molecule has 0 unspecified atom stereocenters. The molecule has 9 heteroatoms. The molecule has 2 aromatic carbocycles. The number of likely N-dealkylation sites (tertiary alicyclic amines) is 1. The van der Waals surface area contributed by atoms with Crippen LogP contribution in [-0.2, 0) is 0 Å². The van der Waals surface area contributed by atoms with Crippen molar-refractivity contribution in [1.82, 2.24) is 15.0 Å². The van der Waals surface area contributed by atoms with Crippen molar-refractivity contribution in [3.05, 3.63) is 75.1 Å². The number of nitro benzene ring substituents is 1. The van der Waals surface area contributed by atoms with E-state index in [-0.39, 0.29) is 28.2 Å². The molecular formula is C19H15ClN4O4. The lowest BCUT2D eigenvalue weighted by molar-refractivity contribution is -0.384. The van der Waals surface area contributed by atoms with Crippen LogP contribution in [0.1, 0.15) is 35.1 Å². The number of carbonyl (C=O) groups excluding carboxylic acids is 1. The van der Waals surface area contributed by atoms with Crippen molar-refractivity contribution in [2.24, 2.45) is 0 Å². The van der Waals surface area contributed by atoms with Crippen molar-refractivity contribution in [1.29, 1.82) is 0 Å². The van der Waals surface area contributed by atoms with E-state index in [4.69, 9.17) is 16.1 Å². The third kappa shape index (κ3) is 3.34. The minimum absolute atomic E-state index is 0.0103. The average Bonchev–Trinajstić information content (AvgIpc) is 3.37. The van der Waals surface area contributed by atoms with Gasteiger partial charge < -0.3 is 9.42 Å². The van der Waals surface area contributed by atoms with Crippen LogP contribution in [0.4, 0.5) is 5.69 Å². The number of rotatable bonds is 4. The number of amides is 1. The molecule has 0 spiro atoms. The van der Waals surface area contributed by atoms with E-state index in [9.17, 15) is 14.9 Å². The van der Waals surface area contributed by atoms with Gasteiger partial charge in [-0.1, -0.05) is 47.1 Å². The second-order valence-corrected chi connectivity index (χ2v) is 6.81. The Morgan fingerprint density at radius 3 is 2.79 bits per heavy atom. The molecule has 1 amide bonds. The van der Waals surface area contributed by atoms with Gasteiger partial charge in [0.05, 0.1) is 4.92 Å². The Labute approximate surface area is 164 Å². The highest BCUT2D eigenvalue weighted by Crippen LogP contribution is 2.34. The summed E-state index contributed by atoms with van der Waals surface area (Å²) in [6.07, 6.45) is 1.45. The molecule has 1 saturated heterocycles. The maximum atomic E-state index is 13.0. The SMILES string of the molecule is O=C(c1ccc(Cl)c([N+](=O)[O-])c1)N1CCC[C@H]1c1nc(-c2ccccc2)no1. The maximum Gasteiger partial charge on any atom is 0.288 e. The first-order chi connectivity index (χ1) is 13.5. The van der Waals surface area contributed by atoms with Crippen LogP contribution in [-0.4, -0.2) is 32.4 Å². The highest BCUT2D eigenvalue weighted by atomic mass is 35.5. The van der Waals surface area contributed by atoms with E-state index in [1.165, 1.54) is 18.2 Å². The molecule has 142 valence electrons. The van der Waals surface area contributed by atoms with Crippen molar-refractivity contribution in [2.45, 2.75) is 18.9 Å². The number of halogens is 1. The molecule has 0 radical (unpaired) electrons. The van der Waals surface area contributed by atoms with Gasteiger partial charge in [-0.3, -0.25) is 14.9 Å². The van der Waals surface area contributed by atoms with Gasteiger partial charge in [-0.25, -0.2) is 0 Å². The van der Waals surface area contributed by atoms with E-state index in [1.807, 2.05) is 30.3 Å². The largest absolute Gasteiger partial charge is 0.337 e. The molecule has 1 atom stereocenters. The summed E-state index contributed by atoms with van der Waals surface area (Å²) in [6, 6.07) is 13.1. The Balaban J connectivity index is 1.61. The van der Waals surface area contributed by atoms with Crippen LogP contribution in [0.15, 0.2) is 53.1 Å². The fourth-order valence-corrected chi connectivity index (χ4v) is 3.48. The molecule has 0 aliphatic carbocycles. The maximum absolute atomic E-state index is 13.0. The Bertz CT molecular complexity index is 1040. The van der Waals surface area contributed by atoms with E-state index in [0.29, 0.717) is 24.7 Å². The molecular weight excluding hydrogens is 384 g/mol. The first-order valence-corrected chi connectivity index (χ1v) is 9.06. The fourth-order valence-electron chi connectivity index (χ4n) is 3.29. The summed E-state index contributed by atoms with van der Waals surface area (Å²) in [7, 11) is 0. The summed E-state index contributed by atoms with van der Waals surface area (Å²) in [6.45, 7) is 0.503. The standard InChI is InChI=1S/C19H15ClN4O4/c20-14-9-8-13(11-16(14)24(26)27)19(25)23-10-4-7-15(23)18-21-17(22-28-18)12-5-2-1-3-6-12/h1-3,5-6,8-9,11,15H,4,7,10H2/t15-/m0/s1. The number of carbonyl (C=O) groups is 1. The molecule has 4 rings (SSSR count). The van der Waals surface area contributed by atoms with Crippen LogP contribution >= 0.6 is 11.6 Å². The number of nitrogens with zero attached hydrogens (tertiary/aromatic N) is 4. The second kappa shape index (κ2) is 7.40. The number of hydrogen-bond acceptors (Lipinski definition) is 6. The lowest BCUT2D eigenvalue weighted by Gasteiger charge is -2.21. The summed E-state index contributed by atoms with van der Waals surface area (Å²) in [5.74, 6) is 0.479. The molecule has 1 aliphatic heterocycles. The predicted molar refractivity (Wildman–Crippen MR) is 101 cm³/mol. The molecule has 0 saturated carbocycles. The minimum Gasteiger partial charge on any atom is -0.337 e. The van der Waals surface area contributed by atoms with Crippen LogP contribution in [0.25, 0.3) is 11.4 Å². The van der Waals surface area contributed by atoms with Crippen molar-refractivity contribution >= 4 is 23.2 Å². The average molecular weight is 399 g/mol. The van der Waals surface area contributed by atoms with Gasteiger partial charge in [-0.2, -0.15) is 4.98 Å². The van der Waals surface area contributed by atoms with Gasteiger partial charge in [0.1, 0.15) is 11.1 Å². The van der Waals surface area contributed by atoms with Crippen LogP contribution in [0.5, 0.6) is 0 Å². The Kier molecular flexibility index (Phi) is 4.79. The molecule has 2 heterocycles. The monoisotopic (exact) mass is 398 g/mol. The second-order valence-electron chi connectivity index (χ2n) is 6.40. The zero-order valence-electron chi connectivity index (χ0n) is 14.6. The van der Waals surface area contributed by atoms with Gasteiger partial charge in [-0.15, -0.1) is 0 Å². The van der Waals surface area contributed by atoms with Gasteiger partial charge >= 0.3 is 0 Å². The predicted octanol–water partition coefficient (Wildman–Crippen LogP) is 4.28. The summed E-state index contributed by atoms with van der Waals surface area (Å²) in [5.41, 5.74) is 0.722. The molecule has 8 nitrogen and oxygen atoms in total. The van der Waals surface area contributed by atoms with Crippen molar-refractivity contribution in [3.8, 4) is 11.4 Å². The molecule has 0 N–H and O–H groups in total. The van der Waals surface area contributed by atoms with Gasteiger partial charge in [-0.05, 0) is 25.0 Å². The van der Waals surface area contributed by atoms with Crippen LogP contribution in [0, 0.1) is 10.1 Å². The summed E-state index contributed by atoms with van der Waals surface area (Å²) in [4.78, 5) is 29.5. The van der Waals surface area contributed by atoms with E-state index in [1.54, 1.807) is 4.90 Å². The quantitative estimate of drug-likeness (QED) is 0.480. The molecule has 0 bridgehead atoms. The number of benzene rings is 2. The van der Waals surface area contributed by atoms with E-state index >= 15 is 0 Å². The van der Waals surface area contributed by atoms with Crippen LogP contribution in [0.3, 0.4) is 0 Å². The lowest BCUT2D eigenvalue weighted by Crippen LogP contribution is -2.30. The van der Waals surface area contributed by atoms with Gasteiger partial charge in [0.2, 0.25) is 11.7 Å². The summed E-state index contributed by atoms with van der Waals surface area (Å²) in [5, 5.41) is 15.1. The van der Waals surface area contributed by atoms with Crippen LogP contribution < -0.4 is 0 Å². The minimum atomic E-state index is -0.606. The Morgan fingerprint density at radius 2 is 2.04 bits per heavy atom. The van der Waals surface area contributed by atoms with E-state index in [2.05, 4.69) is 10.1 Å². The summed E-state index contributed by atoms with van der Waals surface area (Å²) < 4.78 is 5.42. The molecule has 3 aromatic rings. The topological polar surface area (TPSA) is 102 Å². The third-order valence-electron chi connectivity index (χ3n) is 4.66. The Hall–Kier alpha value is -3.26. The highest BCUT2D eigenvalue weighted by molar-refractivity contribution is 6.32. The number of nitro groups is 1. The number of hydrogen-bond donors (Lipinski definition) is 0.